The van der Waals surface area contributed by atoms with Crippen LogP contribution in [0.3, 0.4) is 0 Å². The molecule has 0 saturated heterocycles. The summed E-state index contributed by atoms with van der Waals surface area (Å²) in [6.07, 6.45) is 0. The van der Waals surface area contributed by atoms with Gasteiger partial charge in [0.05, 0.1) is 17.7 Å². The van der Waals surface area contributed by atoms with Crippen molar-refractivity contribution < 1.29 is 29.0 Å². The summed E-state index contributed by atoms with van der Waals surface area (Å²) >= 11 is 0. The fourth-order valence-corrected chi connectivity index (χ4v) is 2.00. The summed E-state index contributed by atoms with van der Waals surface area (Å²) in [6.45, 7) is -0.713. The second-order valence-corrected chi connectivity index (χ2v) is 4.54. The molecule has 1 aliphatic heterocycles. The number of benzene rings is 1. The summed E-state index contributed by atoms with van der Waals surface area (Å²) < 4.78 is 4.75. The first-order valence-corrected chi connectivity index (χ1v) is 6.52. The second kappa shape index (κ2) is 6.81. The Morgan fingerprint density at radius 3 is 2.27 bits per heavy atom. The topological polar surface area (TPSA) is 113 Å². The Labute approximate surface area is 125 Å². The van der Waals surface area contributed by atoms with Gasteiger partial charge in [-0.2, -0.15) is 0 Å². The molecule has 1 aromatic carbocycles. The van der Waals surface area contributed by atoms with Crippen molar-refractivity contribution in [2.45, 2.75) is 0 Å². The number of nitrogens with one attached hydrogen (secondary N) is 1. The molecule has 8 nitrogen and oxygen atoms in total. The molecule has 0 saturated carbocycles. The molecule has 1 aromatic rings. The van der Waals surface area contributed by atoms with E-state index in [9.17, 15) is 19.2 Å². The van der Waals surface area contributed by atoms with E-state index in [1.54, 1.807) is 12.1 Å². The molecule has 22 heavy (non-hydrogen) atoms. The lowest BCUT2D eigenvalue weighted by molar-refractivity contribution is -0.142. The van der Waals surface area contributed by atoms with E-state index in [0.29, 0.717) is 0 Å². The predicted molar refractivity (Wildman–Crippen MR) is 73.3 cm³/mol. The lowest BCUT2D eigenvalue weighted by atomic mass is 10.1. The SMILES string of the molecule is O=C(O)COCCNC(=O)CN1C(=O)c2ccccc2C1=O. The van der Waals surface area contributed by atoms with Crippen LogP contribution in [-0.2, 0) is 14.3 Å². The van der Waals surface area contributed by atoms with Gasteiger partial charge in [-0.3, -0.25) is 19.3 Å². The van der Waals surface area contributed by atoms with Gasteiger partial charge in [-0.05, 0) is 12.1 Å². The highest BCUT2D eigenvalue weighted by molar-refractivity contribution is 6.22. The number of amides is 3. The number of carboxylic acids is 1. The number of hydrogen-bond acceptors (Lipinski definition) is 5. The Hall–Kier alpha value is -2.74. The number of hydrogen-bond donors (Lipinski definition) is 2. The summed E-state index contributed by atoms with van der Waals surface area (Å²) in [5.74, 6) is -2.62. The van der Waals surface area contributed by atoms with Crippen molar-refractivity contribution in [3.05, 3.63) is 35.4 Å². The van der Waals surface area contributed by atoms with Crippen LogP contribution < -0.4 is 5.32 Å². The maximum atomic E-state index is 12.0. The summed E-state index contributed by atoms with van der Waals surface area (Å²) in [5, 5.41) is 10.8. The number of ether oxygens (including phenoxy) is 1. The molecule has 2 N–H and O–H groups in total. The average molecular weight is 306 g/mol. The molecule has 0 atom stereocenters. The van der Waals surface area contributed by atoms with Gasteiger partial charge in [0.1, 0.15) is 13.2 Å². The first kappa shape index (κ1) is 15.6. The smallest absolute Gasteiger partial charge is 0.329 e. The van der Waals surface area contributed by atoms with Crippen molar-refractivity contribution in [1.82, 2.24) is 10.2 Å². The summed E-state index contributed by atoms with van der Waals surface area (Å²) in [6, 6.07) is 6.36. The molecule has 2 rings (SSSR count). The molecule has 0 aromatic heterocycles. The van der Waals surface area contributed by atoms with Crippen LogP contribution >= 0.6 is 0 Å². The van der Waals surface area contributed by atoms with Crippen molar-refractivity contribution in [2.24, 2.45) is 0 Å². The minimum atomic E-state index is -1.10. The molecule has 8 heteroatoms. The number of nitrogens with zero attached hydrogens (tertiary/aromatic N) is 1. The highest BCUT2D eigenvalue weighted by Crippen LogP contribution is 2.21. The van der Waals surface area contributed by atoms with Crippen LogP contribution in [0, 0.1) is 0 Å². The maximum absolute atomic E-state index is 12.0. The zero-order valence-corrected chi connectivity index (χ0v) is 11.6. The Morgan fingerprint density at radius 2 is 1.73 bits per heavy atom. The van der Waals surface area contributed by atoms with Gasteiger partial charge < -0.3 is 15.2 Å². The molecule has 0 bridgehead atoms. The zero-order chi connectivity index (χ0) is 16.1. The molecular formula is C14H14N2O6. The Morgan fingerprint density at radius 1 is 1.14 bits per heavy atom. The van der Waals surface area contributed by atoms with Crippen molar-refractivity contribution in [3.63, 3.8) is 0 Å². The number of carbonyl (C=O) groups is 4. The normalized spacial score (nSPS) is 13.2. The summed E-state index contributed by atoms with van der Waals surface area (Å²) in [5.41, 5.74) is 0.565. The van der Waals surface area contributed by atoms with Crippen molar-refractivity contribution >= 4 is 23.7 Å². The number of aliphatic carboxylic acids is 1. The third kappa shape index (κ3) is 3.47. The first-order chi connectivity index (χ1) is 10.5. The fraction of sp³-hybridized carbons (Fsp3) is 0.286. The quantitative estimate of drug-likeness (QED) is 0.518. The van der Waals surface area contributed by atoms with Crippen molar-refractivity contribution in [3.8, 4) is 0 Å². The van der Waals surface area contributed by atoms with Gasteiger partial charge in [-0.25, -0.2) is 4.79 Å². The van der Waals surface area contributed by atoms with E-state index in [-0.39, 0.29) is 30.8 Å². The number of fused-ring (bicyclic) bond motifs is 1. The minimum Gasteiger partial charge on any atom is -0.480 e. The van der Waals surface area contributed by atoms with E-state index >= 15 is 0 Å². The van der Waals surface area contributed by atoms with Gasteiger partial charge in [0.2, 0.25) is 5.91 Å². The highest BCUT2D eigenvalue weighted by atomic mass is 16.5. The van der Waals surface area contributed by atoms with Crippen LogP contribution in [0.2, 0.25) is 0 Å². The third-order valence-corrected chi connectivity index (χ3v) is 2.97. The first-order valence-electron chi connectivity index (χ1n) is 6.52. The fourth-order valence-electron chi connectivity index (χ4n) is 2.00. The molecule has 0 radical (unpaired) electrons. The lowest BCUT2D eigenvalue weighted by Gasteiger charge is -2.13. The van der Waals surface area contributed by atoms with Gasteiger partial charge >= 0.3 is 5.97 Å². The van der Waals surface area contributed by atoms with E-state index in [1.165, 1.54) is 12.1 Å². The molecule has 0 fully saturated rings. The largest absolute Gasteiger partial charge is 0.480 e. The summed E-state index contributed by atoms with van der Waals surface area (Å²) in [7, 11) is 0. The van der Waals surface area contributed by atoms with E-state index in [0.717, 1.165) is 4.90 Å². The van der Waals surface area contributed by atoms with E-state index in [2.05, 4.69) is 5.32 Å². The molecule has 0 aliphatic carbocycles. The van der Waals surface area contributed by atoms with Gasteiger partial charge in [0.25, 0.3) is 11.8 Å². The number of rotatable bonds is 7. The van der Waals surface area contributed by atoms with Crippen LogP contribution in [-0.4, -0.2) is 60.0 Å². The van der Waals surface area contributed by atoms with E-state index < -0.39 is 30.3 Å². The Balaban J connectivity index is 1.82. The van der Waals surface area contributed by atoms with Gasteiger partial charge in [0.15, 0.2) is 0 Å². The number of carboxylic acid groups (broad SMARTS) is 1. The van der Waals surface area contributed by atoms with Gasteiger partial charge in [-0.15, -0.1) is 0 Å². The maximum Gasteiger partial charge on any atom is 0.329 e. The monoisotopic (exact) mass is 306 g/mol. The molecule has 1 aliphatic rings. The second-order valence-electron chi connectivity index (χ2n) is 4.54. The number of carbonyl (C=O) groups excluding carboxylic acids is 3. The van der Waals surface area contributed by atoms with Crippen molar-refractivity contribution in [2.75, 3.05) is 26.3 Å². The molecular weight excluding hydrogens is 292 g/mol. The molecule has 116 valence electrons. The Kier molecular flexibility index (Phi) is 4.84. The highest BCUT2D eigenvalue weighted by Gasteiger charge is 2.36. The summed E-state index contributed by atoms with van der Waals surface area (Å²) in [4.78, 5) is 46.9. The molecule has 1 heterocycles. The van der Waals surface area contributed by atoms with Crippen LogP contribution in [0.4, 0.5) is 0 Å². The molecule has 3 amide bonds. The predicted octanol–water partition coefficient (Wildman–Crippen LogP) is -0.500. The van der Waals surface area contributed by atoms with Crippen LogP contribution in [0.5, 0.6) is 0 Å². The van der Waals surface area contributed by atoms with Crippen LogP contribution in [0.25, 0.3) is 0 Å². The standard InChI is InChI=1S/C14H14N2O6/c17-11(15-5-6-22-8-12(18)19)7-16-13(20)9-3-1-2-4-10(9)14(16)21/h1-4H,5-8H2,(H,15,17)(H,18,19). The zero-order valence-electron chi connectivity index (χ0n) is 11.6. The van der Waals surface area contributed by atoms with Crippen LogP contribution in [0.15, 0.2) is 24.3 Å². The van der Waals surface area contributed by atoms with Gasteiger partial charge in [-0.1, -0.05) is 12.1 Å². The molecule has 0 spiro atoms. The lowest BCUT2D eigenvalue weighted by Crippen LogP contribution is -2.41. The number of imide groups is 1. The molecule has 0 unspecified atom stereocenters. The van der Waals surface area contributed by atoms with E-state index in [4.69, 9.17) is 9.84 Å². The van der Waals surface area contributed by atoms with Gasteiger partial charge in [0, 0.05) is 6.54 Å². The minimum absolute atomic E-state index is 0.0279. The average Bonchev–Trinajstić information content (AvgIpc) is 2.72. The Bertz CT molecular complexity index is 593. The van der Waals surface area contributed by atoms with Crippen LogP contribution in [0.1, 0.15) is 20.7 Å². The van der Waals surface area contributed by atoms with Crippen molar-refractivity contribution in [1.29, 1.82) is 0 Å². The van der Waals surface area contributed by atoms with E-state index in [1.807, 2.05) is 0 Å². The third-order valence-electron chi connectivity index (χ3n) is 2.97.